The molecule has 1 aromatic rings. The lowest BCUT2D eigenvalue weighted by Gasteiger charge is -2.31. The van der Waals surface area contributed by atoms with Crippen molar-refractivity contribution in [3.63, 3.8) is 0 Å². The molecule has 0 radical (unpaired) electrons. The van der Waals surface area contributed by atoms with E-state index >= 15 is 0 Å². The molecule has 0 bridgehead atoms. The van der Waals surface area contributed by atoms with E-state index in [2.05, 4.69) is 5.32 Å². The van der Waals surface area contributed by atoms with Crippen LogP contribution in [0.4, 0.5) is 5.69 Å². The van der Waals surface area contributed by atoms with Crippen molar-refractivity contribution in [2.75, 3.05) is 11.1 Å². The summed E-state index contributed by atoms with van der Waals surface area (Å²) < 4.78 is 23.5. The zero-order chi connectivity index (χ0) is 16.3. The van der Waals surface area contributed by atoms with Crippen molar-refractivity contribution < 1.29 is 18.3 Å². The van der Waals surface area contributed by atoms with E-state index in [0.29, 0.717) is 5.69 Å². The highest BCUT2D eigenvalue weighted by atomic mass is 32.2. The fourth-order valence-corrected chi connectivity index (χ4v) is 2.76. The van der Waals surface area contributed by atoms with Crippen LogP contribution in [-0.4, -0.2) is 31.3 Å². The molecule has 6 heteroatoms. The minimum absolute atomic E-state index is 0.00148. The highest BCUT2D eigenvalue weighted by molar-refractivity contribution is 7.91. The molecule has 0 saturated heterocycles. The number of aliphatic carboxylic acids is 1. The van der Waals surface area contributed by atoms with Crippen LogP contribution in [0.5, 0.6) is 0 Å². The lowest BCUT2D eigenvalue weighted by molar-refractivity contribution is -0.137. The highest BCUT2D eigenvalue weighted by Crippen LogP contribution is 2.26. The van der Waals surface area contributed by atoms with Crippen molar-refractivity contribution in [2.24, 2.45) is 5.41 Å². The molecule has 0 amide bonds. The number of hydrogen-bond donors (Lipinski definition) is 2. The fourth-order valence-electron chi connectivity index (χ4n) is 1.87. The number of anilines is 1. The van der Waals surface area contributed by atoms with E-state index in [0.717, 1.165) is 0 Å². The van der Waals surface area contributed by atoms with Crippen LogP contribution in [0.15, 0.2) is 29.2 Å². The Morgan fingerprint density at radius 3 is 2.14 bits per heavy atom. The number of carboxylic acid groups (broad SMARTS) is 1. The molecule has 5 nitrogen and oxygen atoms in total. The molecule has 1 rings (SSSR count). The van der Waals surface area contributed by atoms with Gasteiger partial charge in [0.25, 0.3) is 0 Å². The lowest BCUT2D eigenvalue weighted by Crippen LogP contribution is -2.36. The SMILES string of the molecule is CCS(=O)(=O)c1ccc(NC(CC(=O)O)C(C)(C)C)cc1. The minimum atomic E-state index is -3.21. The second kappa shape index (κ2) is 6.47. The second-order valence-electron chi connectivity index (χ2n) is 6.09. The first-order chi connectivity index (χ1) is 9.56. The Labute approximate surface area is 126 Å². The van der Waals surface area contributed by atoms with Crippen molar-refractivity contribution in [3.05, 3.63) is 24.3 Å². The Morgan fingerprint density at radius 1 is 1.24 bits per heavy atom. The van der Waals surface area contributed by atoms with Gasteiger partial charge >= 0.3 is 5.97 Å². The third-order valence-corrected chi connectivity index (χ3v) is 5.11. The van der Waals surface area contributed by atoms with Gasteiger partial charge in [-0.1, -0.05) is 27.7 Å². The summed E-state index contributed by atoms with van der Waals surface area (Å²) in [5, 5.41) is 12.2. The van der Waals surface area contributed by atoms with E-state index in [1.807, 2.05) is 20.8 Å². The molecule has 118 valence electrons. The standard InChI is InChI=1S/C15H23NO4S/c1-5-21(19,20)12-8-6-11(7-9-12)16-13(10-14(17)18)15(2,3)4/h6-9,13,16H,5,10H2,1-4H3,(H,17,18). The number of hydrogen-bond acceptors (Lipinski definition) is 4. The molecular weight excluding hydrogens is 290 g/mol. The Kier molecular flexibility index (Phi) is 5.39. The van der Waals surface area contributed by atoms with Gasteiger partial charge in [-0.2, -0.15) is 0 Å². The van der Waals surface area contributed by atoms with Gasteiger partial charge in [-0.3, -0.25) is 4.79 Å². The van der Waals surface area contributed by atoms with Crippen LogP contribution in [-0.2, 0) is 14.6 Å². The molecular formula is C15H23NO4S. The summed E-state index contributed by atoms with van der Waals surface area (Å²) in [5.41, 5.74) is 0.484. The third-order valence-electron chi connectivity index (χ3n) is 3.36. The molecule has 0 spiro atoms. The number of rotatable bonds is 6. The number of carbonyl (C=O) groups is 1. The smallest absolute Gasteiger partial charge is 0.305 e. The quantitative estimate of drug-likeness (QED) is 0.843. The van der Waals surface area contributed by atoms with Crippen LogP contribution in [0.3, 0.4) is 0 Å². The summed E-state index contributed by atoms with van der Waals surface area (Å²) in [6.07, 6.45) is -0.00148. The Hall–Kier alpha value is -1.56. The van der Waals surface area contributed by atoms with Crippen molar-refractivity contribution >= 4 is 21.5 Å². The summed E-state index contributed by atoms with van der Waals surface area (Å²) in [4.78, 5) is 11.2. The molecule has 0 saturated carbocycles. The zero-order valence-electron chi connectivity index (χ0n) is 12.9. The van der Waals surface area contributed by atoms with E-state index in [9.17, 15) is 13.2 Å². The van der Waals surface area contributed by atoms with E-state index in [1.54, 1.807) is 31.2 Å². The molecule has 21 heavy (non-hydrogen) atoms. The number of sulfone groups is 1. The third kappa shape index (κ3) is 5.04. The average Bonchev–Trinajstić information content (AvgIpc) is 2.37. The molecule has 0 aromatic heterocycles. The summed E-state index contributed by atoms with van der Waals surface area (Å²) >= 11 is 0. The van der Waals surface area contributed by atoms with Crippen molar-refractivity contribution in [1.29, 1.82) is 0 Å². The van der Waals surface area contributed by atoms with Gasteiger partial charge in [-0.25, -0.2) is 8.42 Å². The topological polar surface area (TPSA) is 83.5 Å². The van der Waals surface area contributed by atoms with Crippen molar-refractivity contribution in [1.82, 2.24) is 0 Å². The minimum Gasteiger partial charge on any atom is -0.481 e. The van der Waals surface area contributed by atoms with Crippen LogP contribution in [0.1, 0.15) is 34.1 Å². The van der Waals surface area contributed by atoms with E-state index in [4.69, 9.17) is 5.11 Å². The molecule has 1 unspecified atom stereocenters. The van der Waals surface area contributed by atoms with Crippen LogP contribution in [0.25, 0.3) is 0 Å². The van der Waals surface area contributed by atoms with E-state index < -0.39 is 15.8 Å². The van der Waals surface area contributed by atoms with Crippen LogP contribution < -0.4 is 5.32 Å². The molecule has 1 atom stereocenters. The first-order valence-electron chi connectivity index (χ1n) is 6.87. The van der Waals surface area contributed by atoms with E-state index in [-0.39, 0.29) is 28.5 Å². The Bertz CT molecular complexity index is 585. The predicted octanol–water partition coefficient (Wildman–Crippen LogP) is 2.78. The van der Waals surface area contributed by atoms with Crippen molar-refractivity contribution in [3.8, 4) is 0 Å². The van der Waals surface area contributed by atoms with Gasteiger partial charge in [0.1, 0.15) is 0 Å². The van der Waals surface area contributed by atoms with Gasteiger partial charge < -0.3 is 10.4 Å². The molecule has 0 heterocycles. The fraction of sp³-hybridized carbons (Fsp3) is 0.533. The lowest BCUT2D eigenvalue weighted by atomic mass is 9.84. The van der Waals surface area contributed by atoms with Crippen LogP contribution in [0.2, 0.25) is 0 Å². The maximum absolute atomic E-state index is 11.7. The molecule has 0 fully saturated rings. The van der Waals surface area contributed by atoms with Crippen LogP contribution >= 0.6 is 0 Å². The Balaban J connectivity index is 2.94. The first kappa shape index (κ1) is 17.5. The Morgan fingerprint density at radius 2 is 1.76 bits per heavy atom. The number of benzene rings is 1. The largest absolute Gasteiger partial charge is 0.481 e. The predicted molar refractivity (Wildman–Crippen MR) is 83.3 cm³/mol. The van der Waals surface area contributed by atoms with Gasteiger partial charge in [-0.15, -0.1) is 0 Å². The average molecular weight is 313 g/mol. The second-order valence-corrected chi connectivity index (χ2v) is 8.37. The first-order valence-corrected chi connectivity index (χ1v) is 8.52. The molecule has 0 aliphatic carbocycles. The van der Waals surface area contributed by atoms with Gasteiger partial charge in [0, 0.05) is 11.7 Å². The zero-order valence-corrected chi connectivity index (χ0v) is 13.7. The molecule has 0 aliphatic rings. The van der Waals surface area contributed by atoms with Crippen LogP contribution in [0, 0.1) is 5.41 Å². The van der Waals surface area contributed by atoms with E-state index in [1.165, 1.54) is 0 Å². The maximum Gasteiger partial charge on any atom is 0.305 e. The molecule has 1 aromatic carbocycles. The van der Waals surface area contributed by atoms with Gasteiger partial charge in [0.05, 0.1) is 17.1 Å². The maximum atomic E-state index is 11.7. The monoisotopic (exact) mass is 313 g/mol. The normalized spacial score (nSPS) is 13.7. The van der Waals surface area contributed by atoms with Gasteiger partial charge in [0.2, 0.25) is 0 Å². The summed E-state index contributed by atoms with van der Waals surface area (Å²) in [5.74, 6) is -0.809. The van der Waals surface area contributed by atoms with Gasteiger partial charge in [-0.05, 0) is 29.7 Å². The number of carboxylic acids is 1. The summed E-state index contributed by atoms with van der Waals surface area (Å²) in [6, 6.07) is 6.18. The summed E-state index contributed by atoms with van der Waals surface area (Å²) in [7, 11) is -3.21. The summed E-state index contributed by atoms with van der Waals surface area (Å²) in [6.45, 7) is 7.49. The van der Waals surface area contributed by atoms with Gasteiger partial charge in [0.15, 0.2) is 9.84 Å². The molecule has 2 N–H and O–H groups in total. The highest BCUT2D eigenvalue weighted by Gasteiger charge is 2.26. The number of nitrogens with one attached hydrogen (secondary N) is 1. The van der Waals surface area contributed by atoms with Crippen molar-refractivity contribution in [2.45, 2.75) is 45.1 Å². The molecule has 0 aliphatic heterocycles.